The second kappa shape index (κ2) is 8.49. The first-order valence-electron chi connectivity index (χ1n) is 7.57. The molecule has 0 aliphatic heterocycles. The second-order valence-electron chi connectivity index (χ2n) is 5.22. The van der Waals surface area contributed by atoms with E-state index in [0.717, 1.165) is 0 Å². The van der Waals surface area contributed by atoms with Gasteiger partial charge in [0.2, 0.25) is 11.8 Å². The zero-order valence-corrected chi connectivity index (χ0v) is 14.0. The molecule has 0 saturated heterocycles. The number of methoxy groups -OCH3 is 1. The quantitative estimate of drug-likeness (QED) is 0.749. The van der Waals surface area contributed by atoms with Gasteiger partial charge in [0, 0.05) is 23.9 Å². The Balaban J connectivity index is 1.90. The molecule has 7 nitrogen and oxygen atoms in total. The summed E-state index contributed by atoms with van der Waals surface area (Å²) in [6.07, 6.45) is 0. The van der Waals surface area contributed by atoms with Crippen molar-refractivity contribution < 1.29 is 19.1 Å². The lowest BCUT2D eigenvalue weighted by Crippen LogP contribution is -2.32. The Kier molecular flexibility index (Phi) is 6.11. The van der Waals surface area contributed by atoms with Crippen LogP contribution in [0.5, 0.6) is 5.75 Å². The molecule has 2 aromatic carbocycles. The number of carbonyl (C=O) groups excluding carboxylic acids is 3. The van der Waals surface area contributed by atoms with Gasteiger partial charge in [-0.05, 0) is 36.4 Å². The van der Waals surface area contributed by atoms with E-state index in [1.54, 1.807) is 48.5 Å². The van der Waals surface area contributed by atoms with Gasteiger partial charge in [-0.25, -0.2) is 0 Å². The van der Waals surface area contributed by atoms with E-state index in [2.05, 4.69) is 16.0 Å². The summed E-state index contributed by atoms with van der Waals surface area (Å²) in [5, 5.41) is 7.83. The molecule has 130 valence electrons. The number of ether oxygens (including phenoxy) is 1. The first-order valence-corrected chi connectivity index (χ1v) is 7.57. The maximum atomic E-state index is 12.1. The SMILES string of the molecule is COc1cccc(C(=O)NCC(=O)Nc2cccc(NC(C)=O)c2)c1. The molecule has 0 radical (unpaired) electrons. The van der Waals surface area contributed by atoms with Crippen LogP contribution in [0.3, 0.4) is 0 Å². The van der Waals surface area contributed by atoms with Crippen molar-refractivity contribution in [2.75, 3.05) is 24.3 Å². The van der Waals surface area contributed by atoms with Gasteiger partial charge in [0.25, 0.3) is 5.91 Å². The standard InChI is InChI=1S/C18H19N3O4/c1-12(22)20-14-6-4-7-15(10-14)21-17(23)11-19-18(24)13-5-3-8-16(9-13)25-2/h3-10H,11H2,1-2H3,(H,19,24)(H,20,22)(H,21,23). The van der Waals surface area contributed by atoms with E-state index in [0.29, 0.717) is 22.7 Å². The monoisotopic (exact) mass is 341 g/mol. The third-order valence-electron chi connectivity index (χ3n) is 3.21. The number of amides is 3. The average molecular weight is 341 g/mol. The zero-order valence-electron chi connectivity index (χ0n) is 14.0. The van der Waals surface area contributed by atoms with E-state index in [1.807, 2.05) is 0 Å². The number of hydrogen-bond acceptors (Lipinski definition) is 4. The van der Waals surface area contributed by atoms with Crippen molar-refractivity contribution in [2.24, 2.45) is 0 Å². The summed E-state index contributed by atoms with van der Waals surface area (Å²) in [5.74, 6) is -0.391. The fourth-order valence-corrected chi connectivity index (χ4v) is 2.11. The van der Waals surface area contributed by atoms with Crippen molar-refractivity contribution in [1.82, 2.24) is 5.32 Å². The summed E-state index contributed by atoms with van der Waals surface area (Å²) >= 11 is 0. The molecule has 0 aliphatic rings. The van der Waals surface area contributed by atoms with Crippen molar-refractivity contribution >= 4 is 29.1 Å². The lowest BCUT2D eigenvalue weighted by Gasteiger charge is -2.09. The van der Waals surface area contributed by atoms with Crippen LogP contribution in [0.2, 0.25) is 0 Å². The summed E-state index contributed by atoms with van der Waals surface area (Å²) in [7, 11) is 1.51. The number of anilines is 2. The van der Waals surface area contributed by atoms with Crippen LogP contribution < -0.4 is 20.7 Å². The number of nitrogens with one attached hydrogen (secondary N) is 3. The first-order chi connectivity index (χ1) is 12.0. The van der Waals surface area contributed by atoms with Crippen molar-refractivity contribution in [3.05, 3.63) is 54.1 Å². The molecule has 0 spiro atoms. The number of hydrogen-bond donors (Lipinski definition) is 3. The third kappa shape index (κ3) is 5.65. The maximum absolute atomic E-state index is 12.1. The van der Waals surface area contributed by atoms with E-state index in [1.165, 1.54) is 14.0 Å². The van der Waals surface area contributed by atoms with Crippen molar-refractivity contribution in [3.8, 4) is 5.75 Å². The molecule has 2 aromatic rings. The number of carbonyl (C=O) groups is 3. The van der Waals surface area contributed by atoms with Crippen LogP contribution in [-0.2, 0) is 9.59 Å². The van der Waals surface area contributed by atoms with Gasteiger partial charge in [-0.1, -0.05) is 12.1 Å². The fourth-order valence-electron chi connectivity index (χ4n) is 2.11. The highest BCUT2D eigenvalue weighted by Crippen LogP contribution is 2.15. The van der Waals surface area contributed by atoms with Gasteiger partial charge < -0.3 is 20.7 Å². The van der Waals surface area contributed by atoms with Crippen LogP contribution in [0.25, 0.3) is 0 Å². The Bertz CT molecular complexity index is 789. The van der Waals surface area contributed by atoms with E-state index in [-0.39, 0.29) is 24.3 Å². The molecule has 25 heavy (non-hydrogen) atoms. The molecule has 2 rings (SSSR count). The van der Waals surface area contributed by atoms with Crippen LogP contribution in [0, 0.1) is 0 Å². The third-order valence-corrected chi connectivity index (χ3v) is 3.21. The zero-order chi connectivity index (χ0) is 18.2. The highest BCUT2D eigenvalue weighted by molar-refractivity contribution is 5.99. The van der Waals surface area contributed by atoms with Crippen molar-refractivity contribution in [3.63, 3.8) is 0 Å². The molecule has 0 bridgehead atoms. The highest BCUT2D eigenvalue weighted by Gasteiger charge is 2.09. The first kappa shape index (κ1) is 18.0. The van der Waals surface area contributed by atoms with Gasteiger partial charge in [0.1, 0.15) is 5.75 Å². The maximum Gasteiger partial charge on any atom is 0.251 e. The van der Waals surface area contributed by atoms with Gasteiger partial charge >= 0.3 is 0 Å². The molecule has 7 heteroatoms. The fraction of sp³-hybridized carbons (Fsp3) is 0.167. The smallest absolute Gasteiger partial charge is 0.251 e. The molecule has 0 saturated carbocycles. The minimum Gasteiger partial charge on any atom is -0.497 e. The predicted octanol–water partition coefficient (Wildman–Crippen LogP) is 2.02. The summed E-state index contributed by atoms with van der Waals surface area (Å²) in [4.78, 5) is 35.1. The van der Waals surface area contributed by atoms with Gasteiger partial charge in [0.05, 0.1) is 13.7 Å². The minimum absolute atomic E-state index is 0.180. The molecule has 0 fully saturated rings. The molecule has 3 amide bonds. The van der Waals surface area contributed by atoms with Gasteiger partial charge in [-0.2, -0.15) is 0 Å². The number of rotatable bonds is 6. The second-order valence-corrected chi connectivity index (χ2v) is 5.22. The van der Waals surface area contributed by atoms with Gasteiger partial charge in [-0.3, -0.25) is 14.4 Å². The Hall–Kier alpha value is -3.35. The summed E-state index contributed by atoms with van der Waals surface area (Å²) < 4.78 is 5.06. The van der Waals surface area contributed by atoms with Crippen molar-refractivity contribution in [1.29, 1.82) is 0 Å². The largest absolute Gasteiger partial charge is 0.497 e. The van der Waals surface area contributed by atoms with Crippen LogP contribution in [0.4, 0.5) is 11.4 Å². The molecule has 0 atom stereocenters. The van der Waals surface area contributed by atoms with Crippen LogP contribution in [0.15, 0.2) is 48.5 Å². The molecule has 0 aromatic heterocycles. The minimum atomic E-state index is -0.378. The lowest BCUT2D eigenvalue weighted by atomic mass is 10.2. The van der Waals surface area contributed by atoms with Gasteiger partial charge in [0.15, 0.2) is 0 Å². The summed E-state index contributed by atoms with van der Waals surface area (Å²) in [5.41, 5.74) is 1.50. The average Bonchev–Trinajstić information content (AvgIpc) is 2.59. The summed E-state index contributed by atoms with van der Waals surface area (Å²) in [6.45, 7) is 1.22. The van der Waals surface area contributed by atoms with Gasteiger partial charge in [-0.15, -0.1) is 0 Å². The molecule has 0 heterocycles. The van der Waals surface area contributed by atoms with E-state index in [4.69, 9.17) is 4.74 Å². The molecule has 3 N–H and O–H groups in total. The van der Waals surface area contributed by atoms with Crippen molar-refractivity contribution in [2.45, 2.75) is 6.92 Å². The predicted molar refractivity (Wildman–Crippen MR) is 94.7 cm³/mol. The topological polar surface area (TPSA) is 96.5 Å². The molecular formula is C18H19N3O4. The Morgan fingerprint density at radius 3 is 2.32 bits per heavy atom. The van der Waals surface area contributed by atoms with E-state index >= 15 is 0 Å². The number of benzene rings is 2. The van der Waals surface area contributed by atoms with E-state index < -0.39 is 0 Å². The molecular weight excluding hydrogens is 322 g/mol. The Labute approximate surface area is 145 Å². The van der Waals surface area contributed by atoms with Crippen LogP contribution in [-0.4, -0.2) is 31.4 Å². The summed E-state index contributed by atoms with van der Waals surface area (Å²) in [6, 6.07) is 13.4. The van der Waals surface area contributed by atoms with E-state index in [9.17, 15) is 14.4 Å². The van der Waals surface area contributed by atoms with Crippen LogP contribution >= 0.6 is 0 Å². The molecule has 0 unspecified atom stereocenters. The Morgan fingerprint density at radius 2 is 1.64 bits per heavy atom. The van der Waals surface area contributed by atoms with Crippen LogP contribution in [0.1, 0.15) is 17.3 Å². The lowest BCUT2D eigenvalue weighted by molar-refractivity contribution is -0.115. The Morgan fingerprint density at radius 1 is 0.960 bits per heavy atom. The highest BCUT2D eigenvalue weighted by atomic mass is 16.5. The molecule has 0 aliphatic carbocycles. The normalized spacial score (nSPS) is 9.84.